The summed E-state index contributed by atoms with van der Waals surface area (Å²) < 4.78 is 0. The molecule has 94 valence electrons. The number of hydrogen-bond donors (Lipinski definition) is 3. The number of amidine groups is 1. The molecule has 5 heteroatoms. The van der Waals surface area contributed by atoms with Crippen molar-refractivity contribution in [3.63, 3.8) is 0 Å². The van der Waals surface area contributed by atoms with E-state index in [1.54, 1.807) is 11.3 Å². The summed E-state index contributed by atoms with van der Waals surface area (Å²) in [4.78, 5) is 0. The van der Waals surface area contributed by atoms with Crippen LogP contribution in [0.2, 0.25) is 0 Å². The Bertz CT molecular complexity index is 384. The van der Waals surface area contributed by atoms with E-state index in [-0.39, 0.29) is 5.41 Å². The molecule has 1 heterocycles. The molecule has 1 aromatic heterocycles. The molecule has 0 bridgehead atoms. The molecule has 0 amide bonds. The van der Waals surface area contributed by atoms with Crippen molar-refractivity contribution in [2.24, 2.45) is 16.3 Å². The number of nitrogens with zero attached hydrogens (tertiary/aromatic N) is 1. The third-order valence-corrected chi connectivity index (χ3v) is 4.17. The highest BCUT2D eigenvalue weighted by molar-refractivity contribution is 7.07. The monoisotopic (exact) mass is 253 g/mol. The van der Waals surface area contributed by atoms with Crippen LogP contribution in [0.15, 0.2) is 22.0 Å². The zero-order chi connectivity index (χ0) is 12.3. The quantitative estimate of drug-likeness (QED) is 0.315. The molecule has 2 rings (SSSR count). The maximum Gasteiger partial charge on any atom is 0.139 e. The van der Waals surface area contributed by atoms with Crippen LogP contribution >= 0.6 is 11.3 Å². The predicted octanol–water partition coefficient (Wildman–Crippen LogP) is 2.32. The molecule has 0 spiro atoms. The third-order valence-electron chi connectivity index (χ3n) is 3.47. The van der Waals surface area contributed by atoms with Crippen molar-refractivity contribution >= 4 is 17.2 Å². The van der Waals surface area contributed by atoms with E-state index in [0.29, 0.717) is 18.3 Å². The minimum atomic E-state index is 0.223. The second kappa shape index (κ2) is 5.06. The molecule has 1 fully saturated rings. The SMILES string of the molecule is CC(NCC1(CC(N)=NO)CC1)c1ccsc1. The van der Waals surface area contributed by atoms with Crippen LogP contribution in [-0.2, 0) is 0 Å². The number of rotatable bonds is 6. The Balaban J connectivity index is 1.82. The Kier molecular flexibility index (Phi) is 3.69. The molecule has 4 N–H and O–H groups in total. The summed E-state index contributed by atoms with van der Waals surface area (Å²) in [6, 6.07) is 2.51. The lowest BCUT2D eigenvalue weighted by Crippen LogP contribution is -2.30. The second-order valence-electron chi connectivity index (χ2n) is 4.93. The molecular formula is C12H19N3OS. The maximum atomic E-state index is 8.60. The van der Waals surface area contributed by atoms with E-state index < -0.39 is 0 Å². The summed E-state index contributed by atoms with van der Waals surface area (Å²) in [6.07, 6.45) is 3.01. The van der Waals surface area contributed by atoms with Gasteiger partial charge in [-0.25, -0.2) is 0 Å². The highest BCUT2D eigenvalue weighted by atomic mass is 32.1. The lowest BCUT2D eigenvalue weighted by Gasteiger charge is -2.19. The Morgan fingerprint density at radius 1 is 1.71 bits per heavy atom. The van der Waals surface area contributed by atoms with Gasteiger partial charge in [-0.1, -0.05) is 5.16 Å². The normalized spacial score (nSPS) is 20.2. The minimum absolute atomic E-state index is 0.223. The van der Waals surface area contributed by atoms with E-state index in [9.17, 15) is 0 Å². The van der Waals surface area contributed by atoms with Crippen molar-refractivity contribution < 1.29 is 5.21 Å². The van der Waals surface area contributed by atoms with Crippen molar-refractivity contribution in [3.8, 4) is 0 Å². The first kappa shape index (κ1) is 12.4. The smallest absolute Gasteiger partial charge is 0.139 e. The van der Waals surface area contributed by atoms with Crippen molar-refractivity contribution in [1.29, 1.82) is 0 Å². The average Bonchev–Trinajstić information content (AvgIpc) is 2.88. The van der Waals surface area contributed by atoms with Crippen molar-refractivity contribution in [1.82, 2.24) is 5.32 Å². The molecule has 0 radical (unpaired) electrons. The molecular weight excluding hydrogens is 234 g/mol. The first-order valence-electron chi connectivity index (χ1n) is 5.87. The third kappa shape index (κ3) is 3.20. The first-order chi connectivity index (χ1) is 8.15. The highest BCUT2D eigenvalue weighted by Gasteiger charge is 2.43. The fourth-order valence-electron chi connectivity index (χ4n) is 2.02. The number of nitrogens with one attached hydrogen (secondary N) is 1. The van der Waals surface area contributed by atoms with Crippen LogP contribution in [0.3, 0.4) is 0 Å². The van der Waals surface area contributed by atoms with Crippen molar-refractivity contribution in [3.05, 3.63) is 22.4 Å². The van der Waals surface area contributed by atoms with E-state index in [1.807, 2.05) is 0 Å². The summed E-state index contributed by atoms with van der Waals surface area (Å²) in [5, 5.41) is 19.4. The number of hydrogen-bond acceptors (Lipinski definition) is 4. The number of oxime groups is 1. The van der Waals surface area contributed by atoms with Gasteiger partial charge in [0.2, 0.25) is 0 Å². The Morgan fingerprint density at radius 3 is 3.00 bits per heavy atom. The van der Waals surface area contributed by atoms with E-state index >= 15 is 0 Å². The van der Waals surface area contributed by atoms with Gasteiger partial charge < -0.3 is 16.3 Å². The zero-order valence-electron chi connectivity index (χ0n) is 10.0. The summed E-state index contributed by atoms with van der Waals surface area (Å²) in [7, 11) is 0. The van der Waals surface area contributed by atoms with Crippen LogP contribution < -0.4 is 11.1 Å². The van der Waals surface area contributed by atoms with Gasteiger partial charge in [-0.3, -0.25) is 0 Å². The molecule has 0 aromatic carbocycles. The Labute approximate surface area is 106 Å². The fraction of sp³-hybridized carbons (Fsp3) is 0.583. The standard InChI is InChI=1S/C12H19N3OS/c1-9(10-2-5-17-7-10)14-8-12(3-4-12)6-11(13)15-16/h2,5,7,9,14,16H,3-4,6,8H2,1H3,(H2,13,15). The molecule has 0 saturated heterocycles. The average molecular weight is 253 g/mol. The number of nitrogens with two attached hydrogens (primary N) is 1. The van der Waals surface area contributed by atoms with Gasteiger partial charge in [0.05, 0.1) is 0 Å². The second-order valence-corrected chi connectivity index (χ2v) is 5.71. The van der Waals surface area contributed by atoms with Gasteiger partial charge >= 0.3 is 0 Å². The summed E-state index contributed by atoms with van der Waals surface area (Å²) in [6.45, 7) is 3.10. The van der Waals surface area contributed by atoms with Gasteiger partial charge in [-0.2, -0.15) is 11.3 Å². The van der Waals surface area contributed by atoms with Gasteiger partial charge in [0.1, 0.15) is 5.84 Å². The molecule has 0 aliphatic heterocycles. The topological polar surface area (TPSA) is 70.6 Å². The van der Waals surface area contributed by atoms with E-state index in [2.05, 4.69) is 34.2 Å². The van der Waals surface area contributed by atoms with Gasteiger partial charge in [0, 0.05) is 19.0 Å². The van der Waals surface area contributed by atoms with Gasteiger partial charge in [-0.05, 0) is 47.6 Å². The maximum absolute atomic E-state index is 8.60. The zero-order valence-corrected chi connectivity index (χ0v) is 10.8. The molecule has 1 saturated carbocycles. The first-order valence-corrected chi connectivity index (χ1v) is 6.81. The lowest BCUT2D eigenvalue weighted by atomic mass is 10.0. The van der Waals surface area contributed by atoms with Crippen LogP contribution in [0.5, 0.6) is 0 Å². The summed E-state index contributed by atoms with van der Waals surface area (Å²) in [5.74, 6) is 0.340. The van der Waals surface area contributed by atoms with Gasteiger partial charge in [-0.15, -0.1) is 0 Å². The Morgan fingerprint density at radius 2 is 2.47 bits per heavy atom. The molecule has 1 atom stereocenters. The predicted molar refractivity (Wildman–Crippen MR) is 70.4 cm³/mol. The molecule has 17 heavy (non-hydrogen) atoms. The Hall–Kier alpha value is -1.07. The molecule has 1 unspecified atom stereocenters. The van der Waals surface area contributed by atoms with Crippen molar-refractivity contribution in [2.45, 2.75) is 32.2 Å². The molecule has 1 aliphatic rings. The molecule has 4 nitrogen and oxygen atoms in total. The van der Waals surface area contributed by atoms with Gasteiger partial charge in [0.15, 0.2) is 0 Å². The van der Waals surface area contributed by atoms with E-state index in [4.69, 9.17) is 10.9 Å². The lowest BCUT2D eigenvalue weighted by molar-refractivity contribution is 0.313. The van der Waals surface area contributed by atoms with Crippen LogP contribution in [0.4, 0.5) is 0 Å². The summed E-state index contributed by atoms with van der Waals surface area (Å²) in [5.41, 5.74) is 7.13. The largest absolute Gasteiger partial charge is 0.409 e. The van der Waals surface area contributed by atoms with E-state index in [1.165, 1.54) is 5.56 Å². The number of thiophene rings is 1. The molecule has 1 aliphatic carbocycles. The van der Waals surface area contributed by atoms with Gasteiger partial charge in [0.25, 0.3) is 0 Å². The molecule has 1 aromatic rings. The fourth-order valence-corrected chi connectivity index (χ4v) is 2.78. The van der Waals surface area contributed by atoms with Crippen LogP contribution in [0, 0.1) is 5.41 Å². The van der Waals surface area contributed by atoms with Crippen molar-refractivity contribution in [2.75, 3.05) is 6.54 Å². The van der Waals surface area contributed by atoms with Crippen LogP contribution in [-0.4, -0.2) is 17.6 Å². The minimum Gasteiger partial charge on any atom is -0.409 e. The van der Waals surface area contributed by atoms with Crippen LogP contribution in [0.25, 0.3) is 0 Å². The van der Waals surface area contributed by atoms with Crippen LogP contribution in [0.1, 0.15) is 37.8 Å². The van der Waals surface area contributed by atoms with E-state index in [0.717, 1.165) is 19.4 Å². The summed E-state index contributed by atoms with van der Waals surface area (Å²) >= 11 is 1.72. The highest BCUT2D eigenvalue weighted by Crippen LogP contribution is 2.48.